The molecule has 1 aliphatic heterocycles. The Bertz CT molecular complexity index is 729. The zero-order valence-electron chi connectivity index (χ0n) is 13.4. The van der Waals surface area contributed by atoms with E-state index < -0.39 is 37.3 Å². The van der Waals surface area contributed by atoms with Crippen molar-refractivity contribution in [2.75, 3.05) is 11.9 Å². The second kappa shape index (κ2) is 9.54. The number of hydrogen-bond donors (Lipinski definition) is 5. The summed E-state index contributed by atoms with van der Waals surface area (Å²) >= 11 is 1.07. The summed E-state index contributed by atoms with van der Waals surface area (Å²) in [6, 6.07) is 8.75. The number of aliphatic hydroxyl groups is 4. The summed E-state index contributed by atoms with van der Waals surface area (Å²) in [4.78, 5) is 16.8. The van der Waals surface area contributed by atoms with Crippen LogP contribution in [0.5, 0.6) is 0 Å². The largest absolute Gasteiger partial charge is 0.394 e. The minimum Gasteiger partial charge on any atom is -0.394 e. The van der Waals surface area contributed by atoms with Crippen LogP contribution < -0.4 is 5.32 Å². The van der Waals surface area contributed by atoms with Crippen molar-refractivity contribution >= 4 is 22.3 Å². The maximum Gasteiger partial charge on any atom is 0.204 e. The van der Waals surface area contributed by atoms with E-state index in [4.69, 9.17) is 4.74 Å². The molecular weight excluding hydrogens is 388 g/mol. The Morgan fingerprint density at radius 3 is 2.50 bits per heavy atom. The van der Waals surface area contributed by atoms with E-state index in [0.717, 1.165) is 11.3 Å². The van der Waals surface area contributed by atoms with E-state index in [0.29, 0.717) is 15.6 Å². The quantitative estimate of drug-likeness (QED) is 0.424. The van der Waals surface area contributed by atoms with E-state index in [2.05, 4.69) is 10.3 Å². The second-order valence-electron chi connectivity index (χ2n) is 5.62. The van der Waals surface area contributed by atoms with Gasteiger partial charge in [0.25, 0.3) is 0 Å². The summed E-state index contributed by atoms with van der Waals surface area (Å²) in [5, 5.41) is 41.8. The Hall–Kier alpha value is -0.620. The molecule has 0 spiro atoms. The van der Waals surface area contributed by atoms with Crippen LogP contribution in [-0.2, 0) is 4.74 Å². The van der Waals surface area contributed by atoms with Gasteiger partial charge in [-0.2, -0.15) is 0 Å². The monoisotopic (exact) mass is 406 g/mol. The summed E-state index contributed by atoms with van der Waals surface area (Å²) < 4.78 is 5.35. The number of thiazole rings is 1. The molecule has 0 amide bonds. The van der Waals surface area contributed by atoms with Gasteiger partial charge in [0, 0.05) is 43.3 Å². The molecule has 1 aliphatic rings. The molecule has 0 bridgehead atoms. The number of ether oxygens (including phenoxy) is 1. The molecule has 8 nitrogen and oxygen atoms in total. The van der Waals surface area contributed by atoms with Crippen LogP contribution in [0.1, 0.15) is 15.2 Å². The number of hydrogen-bond acceptors (Lipinski definition) is 9. The smallest absolute Gasteiger partial charge is 0.204 e. The van der Waals surface area contributed by atoms with Crippen LogP contribution in [0.2, 0.25) is 0 Å². The maximum atomic E-state index is 12.4. The SMILES string of the molecule is O=C(c1ccccc1)c1cnc(N[C@H]2OC(CO)[C@@H](O)[C@H](O)C2O)s1.[Ar]. The number of nitrogens with zero attached hydrogens (tertiary/aromatic N) is 1. The zero-order valence-corrected chi connectivity index (χ0v) is 14.9. The standard InChI is InChI=1S/C16H18N2O6S.Ar/c19-7-9-12(21)13(22)14(23)15(24-9)18-16-17-6-10(25-16)11(20)8-4-2-1-3-5-8;/h1-6,9,12-15,19,21-23H,7H2,(H,17,18);/t9?,12-,13+,14?,15+;/m1./s1. The minimum absolute atomic E-state index is 0. The van der Waals surface area contributed by atoms with Gasteiger partial charge in [0.2, 0.25) is 5.78 Å². The molecule has 1 fully saturated rings. The molecule has 26 heavy (non-hydrogen) atoms. The summed E-state index contributed by atoms with van der Waals surface area (Å²) in [6.45, 7) is -0.515. The first kappa shape index (κ1) is 21.7. The van der Waals surface area contributed by atoms with Gasteiger partial charge in [0.15, 0.2) is 11.4 Å². The molecule has 5 N–H and O–H groups in total. The molecular formula is C16H18ArN2O6S. The van der Waals surface area contributed by atoms with Gasteiger partial charge in [-0.25, -0.2) is 4.98 Å². The summed E-state index contributed by atoms with van der Waals surface area (Å²) in [5.74, 6) is -0.181. The van der Waals surface area contributed by atoms with E-state index in [9.17, 15) is 25.2 Å². The van der Waals surface area contributed by atoms with Crippen molar-refractivity contribution in [1.29, 1.82) is 0 Å². The fourth-order valence-electron chi connectivity index (χ4n) is 2.52. The van der Waals surface area contributed by atoms with Crippen molar-refractivity contribution in [3.05, 3.63) is 47.0 Å². The average Bonchev–Trinajstić information content (AvgIpc) is 3.11. The number of aliphatic hydroxyl groups excluding tert-OH is 4. The van der Waals surface area contributed by atoms with Crippen LogP contribution in [0.4, 0.5) is 5.13 Å². The molecule has 3 rings (SSSR count). The summed E-state index contributed by atoms with van der Waals surface area (Å²) in [7, 11) is 0. The molecule has 0 aliphatic carbocycles. The average molecular weight is 406 g/mol. The Balaban J connectivity index is 0.00000243. The van der Waals surface area contributed by atoms with Gasteiger partial charge < -0.3 is 30.5 Å². The van der Waals surface area contributed by atoms with Crippen molar-refractivity contribution in [2.45, 2.75) is 30.6 Å². The number of nitrogens with one attached hydrogen (secondary N) is 1. The van der Waals surface area contributed by atoms with Gasteiger partial charge in [-0.05, 0) is 0 Å². The molecule has 2 aromatic rings. The predicted octanol–water partition coefficient (Wildman–Crippen LogP) is -0.414. The molecule has 0 radical (unpaired) electrons. The van der Waals surface area contributed by atoms with Gasteiger partial charge >= 0.3 is 0 Å². The molecule has 0 saturated carbocycles. The maximum absolute atomic E-state index is 12.4. The fourth-order valence-corrected chi connectivity index (χ4v) is 3.32. The van der Waals surface area contributed by atoms with Crippen molar-refractivity contribution in [3.63, 3.8) is 0 Å². The molecule has 2 unspecified atom stereocenters. The first-order chi connectivity index (χ1) is 12.0. The molecule has 10 heteroatoms. The van der Waals surface area contributed by atoms with Crippen LogP contribution in [0.25, 0.3) is 0 Å². The Morgan fingerprint density at radius 1 is 1.15 bits per heavy atom. The van der Waals surface area contributed by atoms with Gasteiger partial charge in [0.1, 0.15) is 24.4 Å². The van der Waals surface area contributed by atoms with Gasteiger partial charge in [-0.3, -0.25) is 4.79 Å². The Morgan fingerprint density at radius 2 is 1.85 bits per heavy atom. The van der Waals surface area contributed by atoms with Gasteiger partial charge in [-0.1, -0.05) is 41.7 Å². The summed E-state index contributed by atoms with van der Waals surface area (Å²) in [6.07, 6.45) is -5.01. The van der Waals surface area contributed by atoms with Crippen LogP contribution in [0.3, 0.4) is 0 Å². The number of ketones is 1. The second-order valence-corrected chi connectivity index (χ2v) is 6.65. The minimum atomic E-state index is -1.48. The van der Waals surface area contributed by atoms with E-state index in [1.165, 1.54) is 6.20 Å². The van der Waals surface area contributed by atoms with Crippen LogP contribution in [-0.4, -0.2) is 68.4 Å². The van der Waals surface area contributed by atoms with Gasteiger partial charge in [-0.15, -0.1) is 0 Å². The van der Waals surface area contributed by atoms with Crippen LogP contribution in [0.15, 0.2) is 36.5 Å². The molecule has 1 saturated heterocycles. The van der Waals surface area contributed by atoms with Crippen molar-refractivity contribution in [3.8, 4) is 0 Å². The number of carbonyl (C=O) groups excluding carboxylic acids is 1. The van der Waals surface area contributed by atoms with Gasteiger partial charge in [0.05, 0.1) is 17.7 Å². The van der Waals surface area contributed by atoms with Crippen molar-refractivity contribution in [1.82, 2.24) is 4.98 Å². The molecule has 2 heterocycles. The summed E-state index contributed by atoms with van der Waals surface area (Å²) in [5.41, 5.74) is 0.533. The van der Waals surface area contributed by atoms with Crippen molar-refractivity contribution in [2.24, 2.45) is 0 Å². The Labute approximate surface area is 183 Å². The zero-order chi connectivity index (χ0) is 18.0. The van der Waals surface area contributed by atoms with Crippen LogP contribution >= 0.6 is 11.3 Å². The topological polar surface area (TPSA) is 132 Å². The normalized spacial score (nSPS) is 28.2. The van der Waals surface area contributed by atoms with Crippen molar-refractivity contribution < 1.29 is 67.7 Å². The number of rotatable bonds is 5. The number of aromatic nitrogens is 1. The van der Waals surface area contributed by atoms with E-state index >= 15 is 0 Å². The molecule has 1 aromatic heterocycles. The first-order valence-corrected chi connectivity index (χ1v) is 8.45. The number of carbonyl (C=O) groups is 1. The number of anilines is 1. The Kier molecular flexibility index (Phi) is 7.95. The van der Waals surface area contributed by atoms with E-state index in [-0.39, 0.29) is 43.5 Å². The molecule has 1 aromatic carbocycles. The molecule has 5 atom stereocenters. The third-order valence-corrected chi connectivity index (χ3v) is 4.85. The molecule has 142 valence electrons. The predicted molar refractivity (Wildman–Crippen MR) is 89.4 cm³/mol. The third kappa shape index (κ3) is 4.61. The van der Waals surface area contributed by atoms with E-state index in [1.807, 2.05) is 6.07 Å². The first-order valence-electron chi connectivity index (χ1n) is 7.64. The fraction of sp³-hybridized carbons (Fsp3) is 0.375. The third-order valence-electron chi connectivity index (χ3n) is 3.92. The van der Waals surface area contributed by atoms with Crippen LogP contribution in [0, 0.1) is 37.7 Å². The van der Waals surface area contributed by atoms with E-state index in [1.54, 1.807) is 24.3 Å². The number of benzene rings is 1.